The van der Waals surface area contributed by atoms with Gasteiger partial charge in [0.05, 0.1) is 10.5 Å². The molecule has 0 saturated heterocycles. The van der Waals surface area contributed by atoms with Crippen molar-refractivity contribution in [2.24, 2.45) is 0 Å². The Hall–Kier alpha value is -2.11. The molecule has 0 aliphatic rings. The van der Waals surface area contributed by atoms with Gasteiger partial charge in [0.25, 0.3) is 5.69 Å². The number of nitro benzene ring substituents is 1. The van der Waals surface area contributed by atoms with Crippen LogP contribution >= 0.6 is 0 Å². The van der Waals surface area contributed by atoms with Crippen molar-refractivity contribution in [1.29, 1.82) is 0 Å². The summed E-state index contributed by atoms with van der Waals surface area (Å²) >= 11 is 0. The molecule has 5 nitrogen and oxygen atoms in total. The predicted molar refractivity (Wildman–Crippen MR) is 57.6 cm³/mol. The third-order valence-corrected chi connectivity index (χ3v) is 2.23. The molecule has 6 heteroatoms. The van der Waals surface area contributed by atoms with Crippen LogP contribution in [0.15, 0.2) is 24.3 Å². The lowest BCUT2D eigenvalue weighted by atomic mass is 10.0. The zero-order chi connectivity index (χ0) is 13.0. The molecule has 0 heterocycles. The fourth-order valence-electron chi connectivity index (χ4n) is 1.30. The molecule has 0 radical (unpaired) electrons. The zero-order valence-electron chi connectivity index (χ0n) is 9.05. The highest BCUT2D eigenvalue weighted by Crippen LogP contribution is 2.20. The van der Waals surface area contributed by atoms with Gasteiger partial charge in [0, 0.05) is 12.5 Å². The molecule has 17 heavy (non-hydrogen) atoms. The standard InChI is InChI=1S/C11H10FNO4/c1-2-9(14)10(12)11(15)7-5-3-4-6-8(7)13(16)17/h3-6,10H,2H2,1H3. The van der Waals surface area contributed by atoms with Gasteiger partial charge >= 0.3 is 0 Å². The van der Waals surface area contributed by atoms with Gasteiger partial charge in [-0.2, -0.15) is 0 Å². The number of carbonyl (C=O) groups is 2. The molecule has 1 aromatic rings. The smallest absolute Gasteiger partial charge is 0.280 e. The first-order chi connectivity index (χ1) is 7.99. The van der Waals surface area contributed by atoms with E-state index < -0.39 is 28.3 Å². The molecule has 0 bridgehead atoms. The van der Waals surface area contributed by atoms with Crippen LogP contribution in [0.3, 0.4) is 0 Å². The van der Waals surface area contributed by atoms with Crippen LogP contribution < -0.4 is 0 Å². The number of para-hydroxylation sites is 1. The van der Waals surface area contributed by atoms with E-state index in [-0.39, 0.29) is 12.0 Å². The van der Waals surface area contributed by atoms with Crippen molar-refractivity contribution in [1.82, 2.24) is 0 Å². The third kappa shape index (κ3) is 2.72. The van der Waals surface area contributed by atoms with E-state index >= 15 is 0 Å². The second-order valence-electron chi connectivity index (χ2n) is 3.32. The fraction of sp³-hybridized carbons (Fsp3) is 0.273. The summed E-state index contributed by atoms with van der Waals surface area (Å²) in [6, 6.07) is 4.97. The van der Waals surface area contributed by atoms with E-state index in [1.54, 1.807) is 0 Å². The second kappa shape index (κ2) is 5.29. The van der Waals surface area contributed by atoms with Gasteiger partial charge in [0.2, 0.25) is 12.0 Å². The van der Waals surface area contributed by atoms with Crippen LogP contribution in [0.4, 0.5) is 10.1 Å². The molecule has 1 unspecified atom stereocenters. The average molecular weight is 239 g/mol. The maximum absolute atomic E-state index is 13.4. The number of carbonyl (C=O) groups excluding carboxylic acids is 2. The van der Waals surface area contributed by atoms with E-state index in [1.165, 1.54) is 19.1 Å². The van der Waals surface area contributed by atoms with Crippen molar-refractivity contribution >= 4 is 17.3 Å². The molecule has 0 fully saturated rings. The molecule has 0 aliphatic carbocycles. The Kier molecular flexibility index (Phi) is 4.03. The summed E-state index contributed by atoms with van der Waals surface area (Å²) in [6.45, 7) is 1.42. The van der Waals surface area contributed by atoms with Gasteiger partial charge in [-0.25, -0.2) is 4.39 Å². The van der Waals surface area contributed by atoms with Crippen molar-refractivity contribution in [2.45, 2.75) is 19.5 Å². The first-order valence-corrected chi connectivity index (χ1v) is 4.93. The molecular weight excluding hydrogens is 229 g/mol. The third-order valence-electron chi connectivity index (χ3n) is 2.23. The van der Waals surface area contributed by atoms with Crippen LogP contribution in [0, 0.1) is 10.1 Å². The Morgan fingerprint density at radius 1 is 1.41 bits per heavy atom. The molecule has 1 rings (SSSR count). The van der Waals surface area contributed by atoms with Gasteiger partial charge in [-0.15, -0.1) is 0 Å². The Morgan fingerprint density at radius 3 is 2.53 bits per heavy atom. The predicted octanol–water partition coefficient (Wildman–Crippen LogP) is 2.09. The van der Waals surface area contributed by atoms with Crippen molar-refractivity contribution < 1.29 is 18.9 Å². The van der Waals surface area contributed by atoms with E-state index in [4.69, 9.17) is 0 Å². The highest BCUT2D eigenvalue weighted by Gasteiger charge is 2.30. The van der Waals surface area contributed by atoms with Crippen molar-refractivity contribution in [3.8, 4) is 0 Å². The van der Waals surface area contributed by atoms with E-state index in [2.05, 4.69) is 0 Å². The van der Waals surface area contributed by atoms with Gasteiger partial charge in [-0.3, -0.25) is 19.7 Å². The first kappa shape index (κ1) is 13.0. The number of hydrogen-bond acceptors (Lipinski definition) is 4. The SMILES string of the molecule is CCC(=O)C(F)C(=O)c1ccccc1[N+](=O)[O-]. The summed E-state index contributed by atoms with van der Waals surface area (Å²) in [5.41, 5.74) is -0.879. The maximum Gasteiger partial charge on any atom is 0.280 e. The van der Waals surface area contributed by atoms with Crippen LogP contribution in [0.1, 0.15) is 23.7 Å². The Bertz CT molecular complexity index is 472. The van der Waals surface area contributed by atoms with E-state index in [0.29, 0.717) is 0 Å². The minimum Gasteiger partial charge on any atom is -0.296 e. The maximum atomic E-state index is 13.4. The Morgan fingerprint density at radius 2 is 2.00 bits per heavy atom. The highest BCUT2D eigenvalue weighted by molar-refractivity contribution is 6.14. The van der Waals surface area contributed by atoms with Crippen LogP contribution in [-0.2, 0) is 4.79 Å². The van der Waals surface area contributed by atoms with E-state index in [0.717, 1.165) is 12.1 Å². The number of Topliss-reactive ketones (excluding diaryl/α,β-unsaturated/α-hetero) is 2. The zero-order valence-corrected chi connectivity index (χ0v) is 9.05. The molecule has 1 atom stereocenters. The minimum atomic E-state index is -2.33. The van der Waals surface area contributed by atoms with Gasteiger partial charge in [-0.05, 0) is 6.07 Å². The van der Waals surface area contributed by atoms with E-state index in [1.807, 2.05) is 0 Å². The number of nitrogens with zero attached hydrogens (tertiary/aromatic N) is 1. The number of benzene rings is 1. The molecule has 1 aromatic carbocycles. The molecule has 0 N–H and O–H groups in total. The van der Waals surface area contributed by atoms with Gasteiger partial charge in [0.15, 0.2) is 5.78 Å². The minimum absolute atomic E-state index is 0.131. The average Bonchev–Trinajstić information content (AvgIpc) is 2.35. The van der Waals surface area contributed by atoms with Crippen LogP contribution in [-0.4, -0.2) is 22.7 Å². The summed E-state index contributed by atoms with van der Waals surface area (Å²) < 4.78 is 13.4. The number of ketones is 2. The summed E-state index contributed by atoms with van der Waals surface area (Å²) in [7, 11) is 0. The van der Waals surface area contributed by atoms with E-state index in [9.17, 15) is 24.1 Å². The molecule has 90 valence electrons. The number of alkyl halides is 1. The highest BCUT2D eigenvalue weighted by atomic mass is 19.1. The van der Waals surface area contributed by atoms with Crippen molar-refractivity contribution in [3.63, 3.8) is 0 Å². The lowest BCUT2D eigenvalue weighted by Gasteiger charge is -2.05. The van der Waals surface area contributed by atoms with Gasteiger partial charge in [0.1, 0.15) is 0 Å². The van der Waals surface area contributed by atoms with Crippen LogP contribution in [0.2, 0.25) is 0 Å². The Balaban J connectivity index is 3.12. The second-order valence-corrected chi connectivity index (χ2v) is 3.32. The quantitative estimate of drug-likeness (QED) is 0.341. The summed E-state index contributed by atoms with van der Waals surface area (Å²) in [5, 5.41) is 10.6. The molecule has 0 spiro atoms. The molecule has 0 amide bonds. The summed E-state index contributed by atoms with van der Waals surface area (Å²) in [4.78, 5) is 32.5. The number of hydrogen-bond donors (Lipinski definition) is 0. The van der Waals surface area contributed by atoms with Crippen molar-refractivity contribution in [2.75, 3.05) is 0 Å². The number of halogens is 1. The number of rotatable bonds is 5. The Labute approximate surface area is 96.4 Å². The monoisotopic (exact) mass is 239 g/mol. The van der Waals surface area contributed by atoms with Crippen LogP contribution in [0.25, 0.3) is 0 Å². The summed E-state index contributed by atoms with van der Waals surface area (Å²) in [6.07, 6.45) is -2.46. The first-order valence-electron chi connectivity index (χ1n) is 4.93. The largest absolute Gasteiger partial charge is 0.296 e. The summed E-state index contributed by atoms with van der Waals surface area (Å²) in [5.74, 6) is -2.04. The lowest BCUT2D eigenvalue weighted by molar-refractivity contribution is -0.385. The molecule has 0 saturated carbocycles. The van der Waals surface area contributed by atoms with Gasteiger partial charge in [-0.1, -0.05) is 19.1 Å². The molecule has 0 aromatic heterocycles. The molecular formula is C11H10FNO4. The van der Waals surface area contributed by atoms with Crippen molar-refractivity contribution in [3.05, 3.63) is 39.9 Å². The topological polar surface area (TPSA) is 77.3 Å². The lowest BCUT2D eigenvalue weighted by Crippen LogP contribution is -2.25. The molecule has 0 aliphatic heterocycles. The fourth-order valence-corrected chi connectivity index (χ4v) is 1.30. The van der Waals surface area contributed by atoms with Gasteiger partial charge < -0.3 is 0 Å². The number of nitro groups is 1. The normalized spacial score (nSPS) is 11.9. The van der Waals surface area contributed by atoms with Crippen LogP contribution in [0.5, 0.6) is 0 Å².